The Balaban J connectivity index is 2.99. The average Bonchev–Trinajstić information content (AvgIpc) is 2.33. The van der Waals surface area contributed by atoms with E-state index in [0.29, 0.717) is 0 Å². The number of fused-ring (bicyclic) bond motifs is 1. The van der Waals surface area contributed by atoms with E-state index in [1.165, 1.54) is 10.9 Å². The molecule has 0 bridgehead atoms. The topological polar surface area (TPSA) is 4.93 Å². The summed E-state index contributed by atoms with van der Waals surface area (Å²) in [5, 5.41) is 2.07. The highest BCUT2D eigenvalue weighted by atomic mass is 35.5. The molecule has 0 atom stereocenters. The van der Waals surface area contributed by atoms with Gasteiger partial charge in [0.2, 0.25) is 0 Å². The molecular formula is C10H10ClN. The summed E-state index contributed by atoms with van der Waals surface area (Å²) in [5.41, 5.74) is 2.36. The minimum atomic E-state index is 0.830. The molecule has 0 spiro atoms. The molecule has 0 radical (unpaired) electrons. The van der Waals surface area contributed by atoms with Crippen LogP contribution < -0.4 is 0 Å². The van der Waals surface area contributed by atoms with Crippen molar-refractivity contribution in [1.82, 2.24) is 4.57 Å². The Kier molecular flexibility index (Phi) is 1.62. The Morgan fingerprint density at radius 1 is 1.25 bits per heavy atom. The maximum atomic E-state index is 6.08. The number of hydrogen-bond donors (Lipinski definition) is 0. The van der Waals surface area contributed by atoms with Gasteiger partial charge in [0.25, 0.3) is 0 Å². The van der Waals surface area contributed by atoms with Crippen LogP contribution in [0.5, 0.6) is 0 Å². The van der Waals surface area contributed by atoms with Crippen LogP contribution in [0.15, 0.2) is 24.3 Å². The highest BCUT2D eigenvalue weighted by molar-refractivity contribution is 6.32. The smallest absolute Gasteiger partial charge is 0.112 e. The van der Waals surface area contributed by atoms with E-state index in [4.69, 9.17) is 11.6 Å². The van der Waals surface area contributed by atoms with Gasteiger partial charge in [-0.1, -0.05) is 29.8 Å². The summed E-state index contributed by atoms with van der Waals surface area (Å²) >= 11 is 6.08. The quantitative estimate of drug-likeness (QED) is 0.586. The molecule has 0 fully saturated rings. The zero-order chi connectivity index (χ0) is 8.72. The summed E-state index contributed by atoms with van der Waals surface area (Å²) in [6.07, 6.45) is 0. The van der Waals surface area contributed by atoms with Gasteiger partial charge in [-0.15, -0.1) is 0 Å². The van der Waals surface area contributed by atoms with E-state index in [-0.39, 0.29) is 0 Å². The number of halogens is 1. The monoisotopic (exact) mass is 179 g/mol. The summed E-state index contributed by atoms with van der Waals surface area (Å²) in [4.78, 5) is 0. The Bertz CT molecular complexity index is 390. The predicted octanol–water partition coefficient (Wildman–Crippen LogP) is 3.14. The molecule has 2 rings (SSSR count). The molecule has 1 aromatic carbocycles. The average molecular weight is 180 g/mol. The highest BCUT2D eigenvalue weighted by Crippen LogP contribution is 2.27. The van der Waals surface area contributed by atoms with E-state index in [9.17, 15) is 0 Å². The van der Waals surface area contributed by atoms with Crippen LogP contribution >= 0.6 is 11.6 Å². The number of para-hydroxylation sites is 1. The molecule has 0 saturated heterocycles. The lowest BCUT2D eigenvalue weighted by atomic mass is 10.2. The molecule has 2 heteroatoms. The fourth-order valence-electron chi connectivity index (χ4n) is 1.55. The van der Waals surface area contributed by atoms with Gasteiger partial charge in [-0.05, 0) is 18.6 Å². The first-order valence-corrected chi connectivity index (χ1v) is 4.29. The number of aryl methyl sites for hydroxylation is 2. The van der Waals surface area contributed by atoms with Crippen molar-refractivity contribution in [2.24, 2.45) is 7.05 Å². The first-order chi connectivity index (χ1) is 5.72. The van der Waals surface area contributed by atoms with Crippen molar-refractivity contribution >= 4 is 22.5 Å². The molecular weight excluding hydrogens is 170 g/mol. The molecule has 62 valence electrons. The Morgan fingerprint density at radius 2 is 1.92 bits per heavy atom. The molecule has 0 amide bonds. The maximum absolute atomic E-state index is 6.08. The van der Waals surface area contributed by atoms with Gasteiger partial charge in [0, 0.05) is 18.0 Å². The van der Waals surface area contributed by atoms with Gasteiger partial charge in [-0.25, -0.2) is 0 Å². The second-order valence-corrected chi connectivity index (χ2v) is 3.35. The fourth-order valence-corrected chi connectivity index (χ4v) is 1.74. The summed E-state index contributed by atoms with van der Waals surface area (Å²) < 4.78 is 2.01. The van der Waals surface area contributed by atoms with E-state index in [0.717, 1.165) is 10.7 Å². The van der Waals surface area contributed by atoms with Crippen LogP contribution in [-0.4, -0.2) is 4.57 Å². The molecule has 1 nitrogen and oxygen atoms in total. The molecule has 0 saturated carbocycles. The van der Waals surface area contributed by atoms with Crippen molar-refractivity contribution < 1.29 is 0 Å². The molecule has 0 unspecified atom stereocenters. The van der Waals surface area contributed by atoms with Crippen molar-refractivity contribution in [3.8, 4) is 0 Å². The number of hydrogen-bond acceptors (Lipinski definition) is 0. The summed E-state index contributed by atoms with van der Waals surface area (Å²) in [7, 11) is 1.98. The van der Waals surface area contributed by atoms with Crippen LogP contribution in [0.3, 0.4) is 0 Å². The number of rotatable bonds is 0. The van der Waals surface area contributed by atoms with E-state index in [1.807, 2.05) is 30.7 Å². The number of benzene rings is 1. The SMILES string of the molecule is Cc1c(Cl)n(C)c2ccccc12. The zero-order valence-corrected chi connectivity index (χ0v) is 7.89. The summed E-state index contributed by atoms with van der Waals surface area (Å²) in [6, 6.07) is 8.23. The van der Waals surface area contributed by atoms with Crippen molar-refractivity contribution in [2.75, 3.05) is 0 Å². The van der Waals surface area contributed by atoms with Crippen molar-refractivity contribution in [3.63, 3.8) is 0 Å². The van der Waals surface area contributed by atoms with Crippen LogP contribution in [0.4, 0.5) is 0 Å². The van der Waals surface area contributed by atoms with Crippen molar-refractivity contribution in [3.05, 3.63) is 35.0 Å². The third kappa shape index (κ3) is 0.864. The molecule has 0 aliphatic carbocycles. The Morgan fingerprint density at radius 3 is 2.58 bits per heavy atom. The van der Waals surface area contributed by atoms with Gasteiger partial charge in [0.05, 0.1) is 0 Å². The zero-order valence-electron chi connectivity index (χ0n) is 7.13. The van der Waals surface area contributed by atoms with Crippen molar-refractivity contribution in [1.29, 1.82) is 0 Å². The maximum Gasteiger partial charge on any atom is 0.112 e. The van der Waals surface area contributed by atoms with Gasteiger partial charge in [-0.2, -0.15) is 0 Å². The van der Waals surface area contributed by atoms with Crippen molar-refractivity contribution in [2.45, 2.75) is 6.92 Å². The summed E-state index contributed by atoms with van der Waals surface area (Å²) in [6.45, 7) is 2.05. The Hall–Kier alpha value is -0.950. The van der Waals surface area contributed by atoms with E-state index < -0.39 is 0 Å². The van der Waals surface area contributed by atoms with Crippen LogP contribution in [0, 0.1) is 6.92 Å². The number of nitrogens with zero attached hydrogens (tertiary/aromatic N) is 1. The van der Waals surface area contributed by atoms with Gasteiger partial charge < -0.3 is 4.57 Å². The summed E-state index contributed by atoms with van der Waals surface area (Å²) in [5.74, 6) is 0. The van der Waals surface area contributed by atoms with Crippen LogP contribution in [0.25, 0.3) is 10.9 Å². The third-order valence-electron chi connectivity index (χ3n) is 2.27. The first kappa shape index (κ1) is 7.69. The number of aromatic nitrogens is 1. The van der Waals surface area contributed by atoms with Crippen LogP contribution in [0.2, 0.25) is 5.15 Å². The lowest BCUT2D eigenvalue weighted by molar-refractivity contribution is 0.965. The van der Waals surface area contributed by atoms with Gasteiger partial charge in [0.15, 0.2) is 0 Å². The minimum Gasteiger partial charge on any atom is -0.335 e. The van der Waals surface area contributed by atoms with Crippen LogP contribution in [0.1, 0.15) is 5.56 Å². The first-order valence-electron chi connectivity index (χ1n) is 3.91. The Labute approximate surface area is 76.6 Å². The van der Waals surface area contributed by atoms with Gasteiger partial charge in [-0.3, -0.25) is 0 Å². The molecule has 1 heterocycles. The second-order valence-electron chi connectivity index (χ2n) is 2.99. The lowest BCUT2D eigenvalue weighted by Gasteiger charge is -1.94. The molecule has 0 N–H and O–H groups in total. The van der Waals surface area contributed by atoms with E-state index in [2.05, 4.69) is 12.1 Å². The van der Waals surface area contributed by atoms with Crippen LogP contribution in [-0.2, 0) is 7.05 Å². The third-order valence-corrected chi connectivity index (χ3v) is 2.81. The van der Waals surface area contributed by atoms with Gasteiger partial charge in [0.1, 0.15) is 5.15 Å². The normalized spacial score (nSPS) is 10.9. The molecule has 0 aliphatic heterocycles. The fraction of sp³-hybridized carbons (Fsp3) is 0.200. The minimum absolute atomic E-state index is 0.830. The molecule has 2 aromatic rings. The highest BCUT2D eigenvalue weighted by Gasteiger charge is 2.07. The molecule has 12 heavy (non-hydrogen) atoms. The predicted molar refractivity (Wildman–Crippen MR) is 52.7 cm³/mol. The molecule has 1 aromatic heterocycles. The largest absolute Gasteiger partial charge is 0.335 e. The van der Waals surface area contributed by atoms with E-state index >= 15 is 0 Å². The standard InChI is InChI=1S/C10H10ClN/c1-7-8-5-3-4-6-9(8)12(2)10(7)11/h3-6H,1-2H3. The second kappa shape index (κ2) is 2.53. The van der Waals surface area contributed by atoms with Gasteiger partial charge >= 0.3 is 0 Å². The molecule has 0 aliphatic rings. The van der Waals surface area contributed by atoms with E-state index in [1.54, 1.807) is 0 Å². The lowest BCUT2D eigenvalue weighted by Crippen LogP contribution is -1.85.